The number of carbonyl (C=O) groups excluding carboxylic acids is 3. The highest BCUT2D eigenvalue weighted by molar-refractivity contribution is 7.58. The quantitative estimate of drug-likeness (QED) is 0.0830. The molecule has 0 saturated carbocycles. The monoisotopic (exact) mass is 1000 g/mol. The molecule has 0 saturated heterocycles. The molecule has 4 aromatic carbocycles. The summed E-state index contributed by atoms with van der Waals surface area (Å²) in [5, 5.41) is 0. The topological polar surface area (TPSA) is 184 Å². The van der Waals surface area contributed by atoms with E-state index >= 15 is 0 Å². The van der Waals surface area contributed by atoms with Gasteiger partial charge in [0.05, 0.1) is 0 Å². The predicted octanol–water partition coefficient (Wildman–Crippen LogP) is 13.9. The van der Waals surface area contributed by atoms with Crippen molar-refractivity contribution in [2.45, 2.75) is 68.7 Å². The van der Waals surface area contributed by atoms with Gasteiger partial charge in [0.2, 0.25) is 7.37 Å². The average molecular weight is 1010 g/mol. The summed E-state index contributed by atoms with van der Waals surface area (Å²) in [4.78, 5) is 32.5. The van der Waals surface area contributed by atoms with E-state index in [1.807, 2.05) is 59.7 Å². The van der Waals surface area contributed by atoms with Gasteiger partial charge >= 0.3 is 17.9 Å². The highest BCUT2D eigenvalue weighted by Gasteiger charge is 2.10. The first-order valence-electron chi connectivity index (χ1n) is 21.0. The third-order valence-electron chi connectivity index (χ3n) is 6.12. The molecule has 0 atom stereocenters. The smallest absolute Gasteiger partial charge is 0.308 e. The zero-order valence-corrected chi connectivity index (χ0v) is 46.7. The number of hydrogen-bond donors (Lipinski definition) is 0. The van der Waals surface area contributed by atoms with Crippen LogP contribution in [-0.4, -0.2) is 92.6 Å². The van der Waals surface area contributed by atoms with Crippen LogP contribution in [0.15, 0.2) is 109 Å². The van der Waals surface area contributed by atoms with Crippen LogP contribution in [0.5, 0.6) is 23.0 Å². The number of esters is 3. The molecule has 0 unspecified atom stereocenters. The van der Waals surface area contributed by atoms with Crippen molar-refractivity contribution in [3.63, 3.8) is 0 Å². The first-order valence-corrected chi connectivity index (χ1v) is 31.1. The van der Waals surface area contributed by atoms with E-state index in [4.69, 9.17) is 18.7 Å². The summed E-state index contributed by atoms with van der Waals surface area (Å²) < 4.78 is 75.4. The molecule has 18 heteroatoms. The molecule has 14 nitrogen and oxygen atoms in total. The van der Waals surface area contributed by atoms with Crippen LogP contribution in [0.1, 0.15) is 73.4 Å². The fraction of sp³-hybridized carbons (Fsp3) is 0.438. The molecule has 0 spiro atoms. The first-order chi connectivity index (χ1) is 30.6. The van der Waals surface area contributed by atoms with Crippen molar-refractivity contribution in [2.75, 3.05) is 74.6 Å². The van der Waals surface area contributed by atoms with Crippen molar-refractivity contribution in [1.82, 2.24) is 0 Å². The summed E-state index contributed by atoms with van der Waals surface area (Å²) in [6.07, 6.45) is 1.03. The summed E-state index contributed by atoms with van der Waals surface area (Å²) >= 11 is 0. The Kier molecular flexibility index (Phi) is 44.2. The van der Waals surface area contributed by atoms with Crippen molar-refractivity contribution in [3.05, 3.63) is 120 Å². The van der Waals surface area contributed by atoms with E-state index in [1.165, 1.54) is 71.4 Å². The predicted molar refractivity (Wildman–Crippen MR) is 276 cm³/mol. The zero-order valence-electron chi connectivity index (χ0n) is 43.1. The number of ether oxygens (including phenoxy) is 3. The lowest BCUT2D eigenvalue weighted by Crippen LogP contribution is -2.06. The molecule has 4 aromatic rings. The Morgan fingerprint density at radius 3 is 0.773 bits per heavy atom. The first kappa shape index (κ1) is 70.9. The minimum Gasteiger partial charge on any atom is -0.443 e. The largest absolute Gasteiger partial charge is 0.443 e. The van der Waals surface area contributed by atoms with Gasteiger partial charge in [-0.3, -0.25) is 32.6 Å². The van der Waals surface area contributed by atoms with Gasteiger partial charge in [0.25, 0.3) is 0 Å². The van der Waals surface area contributed by atoms with Gasteiger partial charge in [0.1, 0.15) is 23.0 Å². The minimum atomic E-state index is -2.39. The number of rotatable bonds is 10. The van der Waals surface area contributed by atoms with Gasteiger partial charge < -0.3 is 32.3 Å². The Bertz CT molecular complexity index is 1850. The number of benzene rings is 4. The van der Waals surface area contributed by atoms with Crippen LogP contribution in [0.2, 0.25) is 0 Å². The van der Waals surface area contributed by atoms with E-state index in [2.05, 4.69) is 74.2 Å². The molecular formula is C48H80O14P4. The third kappa shape index (κ3) is 54.2. The molecule has 0 aliphatic rings. The molecule has 0 aliphatic carbocycles. The Morgan fingerprint density at radius 1 is 0.379 bits per heavy atom. The number of para-hydroxylation sites is 1. The van der Waals surface area contributed by atoms with Gasteiger partial charge in [-0.2, -0.15) is 0 Å². The molecule has 66 heavy (non-hydrogen) atoms. The second kappa shape index (κ2) is 41.1. The van der Waals surface area contributed by atoms with Gasteiger partial charge in [-0.15, -0.1) is 0 Å². The molecule has 0 aliphatic heterocycles. The molecule has 0 N–H and O–H groups in total. The maximum Gasteiger partial charge on any atom is 0.308 e. The molecule has 0 heterocycles. The zero-order chi connectivity index (χ0) is 52.6. The average Bonchev–Trinajstić information content (AvgIpc) is 3.23. The molecule has 0 radical (unpaired) electrons. The van der Waals surface area contributed by atoms with Gasteiger partial charge in [0.15, 0.2) is 22.1 Å². The Hall–Kier alpha value is -4.11. The Labute approximate surface area is 397 Å². The van der Waals surface area contributed by atoms with Crippen LogP contribution in [-0.2, 0) is 52.6 Å². The van der Waals surface area contributed by atoms with Crippen LogP contribution in [0.3, 0.4) is 0 Å². The van der Waals surface area contributed by atoms with Crippen molar-refractivity contribution < 1.29 is 64.9 Å². The van der Waals surface area contributed by atoms with Crippen LogP contribution < -0.4 is 18.7 Å². The molecule has 376 valence electrons. The Morgan fingerprint density at radius 2 is 0.591 bits per heavy atom. The molecule has 4 rings (SSSR count). The molecule has 0 amide bonds. The van der Waals surface area contributed by atoms with Crippen LogP contribution in [0.4, 0.5) is 0 Å². The summed E-state index contributed by atoms with van der Waals surface area (Å²) in [6, 6.07) is 34.3. The second-order valence-corrected chi connectivity index (χ2v) is 24.8. The number of carbonyl (C=O) groups is 3. The Balaban J connectivity index is -0.000000231. The minimum absolute atomic E-state index is 0.123. The SMILES string of the molecule is CC.CC.CC.CC(=O)Oc1cc(OC(C)=O)cc(OC(C)=O)c1.COP(C)(C)=O.COP(C)(C)=O.COP(C)(C)=O.CP(C)(=O)Oc1ccccc1.c1ccc(Cc2ccccc2)cc1. The summed E-state index contributed by atoms with van der Waals surface area (Å²) in [6.45, 7) is 28.3. The van der Waals surface area contributed by atoms with Crippen LogP contribution in [0, 0.1) is 0 Å². The van der Waals surface area contributed by atoms with E-state index in [-0.39, 0.29) is 17.2 Å². The van der Waals surface area contributed by atoms with E-state index in [0.29, 0.717) is 5.75 Å². The lowest BCUT2D eigenvalue weighted by Gasteiger charge is -2.08. The summed E-state index contributed by atoms with van der Waals surface area (Å²) in [5.41, 5.74) is 2.74. The van der Waals surface area contributed by atoms with E-state index < -0.39 is 47.4 Å². The molecule has 0 bridgehead atoms. The fourth-order valence-corrected chi connectivity index (χ4v) is 4.01. The summed E-state index contributed by atoms with van der Waals surface area (Å²) in [5.74, 6) is -0.579. The van der Waals surface area contributed by atoms with Gasteiger partial charge in [-0.05, 0) is 29.7 Å². The van der Waals surface area contributed by atoms with Crippen molar-refractivity contribution >= 4 is 47.4 Å². The van der Waals surface area contributed by atoms with E-state index in [1.54, 1.807) is 65.5 Å². The van der Waals surface area contributed by atoms with E-state index in [9.17, 15) is 32.6 Å². The lowest BCUT2D eigenvalue weighted by atomic mass is 10.1. The lowest BCUT2D eigenvalue weighted by molar-refractivity contribution is -0.132. The molecular weight excluding hydrogens is 924 g/mol. The highest BCUT2D eigenvalue weighted by atomic mass is 31.2. The number of hydrogen-bond acceptors (Lipinski definition) is 14. The normalized spacial score (nSPS) is 9.88. The molecule has 0 fully saturated rings. The highest BCUT2D eigenvalue weighted by Crippen LogP contribution is 2.38. The summed E-state index contributed by atoms with van der Waals surface area (Å²) in [7, 11) is -4.49. The van der Waals surface area contributed by atoms with Crippen molar-refractivity contribution in [3.8, 4) is 23.0 Å². The van der Waals surface area contributed by atoms with Crippen molar-refractivity contribution in [1.29, 1.82) is 0 Å². The van der Waals surface area contributed by atoms with Crippen molar-refractivity contribution in [2.24, 2.45) is 0 Å². The van der Waals surface area contributed by atoms with Gasteiger partial charge in [-0.1, -0.05) is 120 Å². The standard InChI is InChI=1S/C13H12.C12H12O6.C8H11O2P.3C3H9O2P.3C2H6/c1-3-7-12(8-4-1)11-13-9-5-2-6-10-13;1-7(13)16-10-4-11(17-8(2)14)6-12(5-10)18-9(3)15;1-11(2,9)10-8-6-4-3-5-7-8;3*1-5-6(2,3)4;3*1-2/h1-10H,11H2;4-6H,1-3H3;3-7H,1-2H3;3*1-3H3;3*1-2H3. The maximum atomic E-state index is 11.2. The van der Waals surface area contributed by atoms with Gasteiger partial charge in [-0.25, -0.2) is 0 Å². The fourth-order valence-electron chi connectivity index (χ4n) is 3.38. The van der Waals surface area contributed by atoms with Gasteiger partial charge in [0, 0.05) is 114 Å². The van der Waals surface area contributed by atoms with Crippen LogP contribution in [0.25, 0.3) is 0 Å². The van der Waals surface area contributed by atoms with Crippen LogP contribution >= 0.6 is 29.5 Å². The third-order valence-corrected chi connectivity index (χ3v) is 9.41. The molecule has 0 aromatic heterocycles. The maximum absolute atomic E-state index is 11.2. The second-order valence-electron chi connectivity index (χ2n) is 13.5. The van der Waals surface area contributed by atoms with E-state index in [0.717, 1.165) is 6.42 Å².